The molecule has 2 aromatic rings. The fraction of sp³-hybridized carbons (Fsp3) is 0.429. The van der Waals surface area contributed by atoms with E-state index in [0.717, 1.165) is 42.0 Å². The summed E-state index contributed by atoms with van der Waals surface area (Å²) in [5, 5.41) is 6.55. The molecule has 28 heavy (non-hydrogen) atoms. The molecule has 2 atom stereocenters. The quantitative estimate of drug-likeness (QED) is 0.763. The number of aryl methyl sites for hydroxylation is 2. The van der Waals surface area contributed by atoms with Gasteiger partial charge in [-0.2, -0.15) is 0 Å². The van der Waals surface area contributed by atoms with Crippen molar-refractivity contribution in [3.8, 4) is 5.75 Å². The fourth-order valence-corrected chi connectivity index (χ4v) is 3.43. The number of aromatic nitrogens is 1. The number of pyridine rings is 1. The first-order valence-corrected chi connectivity index (χ1v) is 9.19. The van der Waals surface area contributed by atoms with Crippen molar-refractivity contribution in [3.63, 3.8) is 0 Å². The first kappa shape index (κ1) is 24.2. The lowest BCUT2D eigenvalue weighted by Gasteiger charge is -2.30. The Labute approximate surface area is 179 Å². The van der Waals surface area contributed by atoms with E-state index in [0.29, 0.717) is 18.1 Å². The third-order valence-electron chi connectivity index (χ3n) is 4.93. The Morgan fingerprint density at radius 3 is 2.61 bits per heavy atom. The highest BCUT2D eigenvalue weighted by Gasteiger charge is 2.23. The van der Waals surface area contributed by atoms with Gasteiger partial charge in [-0.25, -0.2) is 0 Å². The molecule has 0 spiro atoms. The Kier molecular flexibility index (Phi) is 9.73. The van der Waals surface area contributed by atoms with E-state index < -0.39 is 0 Å². The van der Waals surface area contributed by atoms with Crippen LogP contribution in [0.1, 0.15) is 40.4 Å². The first-order chi connectivity index (χ1) is 12.5. The van der Waals surface area contributed by atoms with Crippen LogP contribution in [-0.2, 0) is 6.61 Å². The molecule has 2 heterocycles. The molecule has 1 amide bonds. The van der Waals surface area contributed by atoms with Crippen LogP contribution in [0.5, 0.6) is 5.75 Å². The number of halogens is 2. The Morgan fingerprint density at radius 1 is 1.29 bits per heavy atom. The minimum Gasteiger partial charge on any atom is -0.488 e. The number of nitrogens with one attached hydrogen (secondary N) is 2. The lowest BCUT2D eigenvalue weighted by molar-refractivity contribution is 0.0914. The molecule has 1 aromatic heterocycles. The number of ether oxygens (including phenoxy) is 1. The summed E-state index contributed by atoms with van der Waals surface area (Å²) in [5.74, 6) is 1.27. The van der Waals surface area contributed by atoms with Gasteiger partial charge in [-0.3, -0.25) is 9.78 Å². The maximum Gasteiger partial charge on any atom is 0.251 e. The van der Waals surface area contributed by atoms with E-state index >= 15 is 0 Å². The van der Waals surface area contributed by atoms with Crippen molar-refractivity contribution in [1.29, 1.82) is 0 Å². The van der Waals surface area contributed by atoms with Crippen molar-refractivity contribution in [2.24, 2.45) is 5.92 Å². The van der Waals surface area contributed by atoms with Crippen LogP contribution in [0.4, 0.5) is 0 Å². The fourth-order valence-electron chi connectivity index (χ4n) is 3.43. The van der Waals surface area contributed by atoms with Crippen LogP contribution >= 0.6 is 24.8 Å². The highest BCUT2D eigenvalue weighted by molar-refractivity contribution is 5.95. The van der Waals surface area contributed by atoms with Crippen molar-refractivity contribution in [1.82, 2.24) is 15.6 Å². The molecule has 5 nitrogen and oxygen atoms in total. The molecule has 1 saturated heterocycles. The van der Waals surface area contributed by atoms with Gasteiger partial charge in [0, 0.05) is 29.6 Å². The normalized spacial score (nSPS) is 18.4. The second-order valence-corrected chi connectivity index (χ2v) is 7.14. The molecule has 2 unspecified atom stereocenters. The van der Waals surface area contributed by atoms with Crippen molar-refractivity contribution >= 4 is 30.7 Å². The number of hydrogen-bond acceptors (Lipinski definition) is 4. The molecule has 3 rings (SSSR count). The predicted molar refractivity (Wildman–Crippen MR) is 117 cm³/mol. The number of carbonyl (C=O) groups is 1. The summed E-state index contributed by atoms with van der Waals surface area (Å²) in [5.41, 5.74) is 3.65. The molecule has 0 radical (unpaired) electrons. The van der Waals surface area contributed by atoms with Gasteiger partial charge in [0.15, 0.2) is 0 Å². The van der Waals surface area contributed by atoms with Gasteiger partial charge < -0.3 is 15.4 Å². The summed E-state index contributed by atoms with van der Waals surface area (Å²) in [6, 6.07) is 7.93. The average molecular weight is 426 g/mol. The van der Waals surface area contributed by atoms with Crippen molar-refractivity contribution in [2.45, 2.75) is 39.8 Å². The van der Waals surface area contributed by atoms with Crippen LogP contribution in [0.25, 0.3) is 0 Å². The first-order valence-electron chi connectivity index (χ1n) is 9.19. The second kappa shape index (κ2) is 11.2. The van der Waals surface area contributed by atoms with Gasteiger partial charge in [0.05, 0.1) is 0 Å². The van der Waals surface area contributed by atoms with Crippen LogP contribution in [0.15, 0.2) is 36.7 Å². The molecular weight excluding hydrogens is 397 g/mol. The van der Waals surface area contributed by atoms with Crippen molar-refractivity contribution in [2.75, 3.05) is 13.1 Å². The number of rotatable bonds is 5. The van der Waals surface area contributed by atoms with Gasteiger partial charge in [-0.15, -0.1) is 24.8 Å². The zero-order chi connectivity index (χ0) is 18.5. The maximum absolute atomic E-state index is 12.7. The van der Waals surface area contributed by atoms with E-state index in [1.807, 2.05) is 38.1 Å². The molecule has 154 valence electrons. The molecule has 0 saturated carbocycles. The molecule has 1 aromatic carbocycles. The standard InChI is InChI=1S/C21H27N3O2.2ClH/c1-14-9-18(21(25)24-19-6-8-23-11-16(19)3)10-15(2)20(14)26-13-17-5-4-7-22-12-17;;/h4-5,7,9-10,12,16,19,23H,6,8,11,13H2,1-3H3,(H,24,25);2*1H. The van der Waals surface area contributed by atoms with Crippen LogP contribution in [-0.4, -0.2) is 30.0 Å². The molecule has 1 fully saturated rings. The van der Waals surface area contributed by atoms with Crippen LogP contribution < -0.4 is 15.4 Å². The van der Waals surface area contributed by atoms with Crippen LogP contribution in [0, 0.1) is 19.8 Å². The average Bonchev–Trinajstić information content (AvgIpc) is 2.63. The third kappa shape index (κ3) is 6.09. The van der Waals surface area contributed by atoms with Crippen molar-refractivity contribution < 1.29 is 9.53 Å². The number of piperidine rings is 1. The molecule has 0 aliphatic carbocycles. The number of hydrogen-bond donors (Lipinski definition) is 2. The monoisotopic (exact) mass is 425 g/mol. The summed E-state index contributed by atoms with van der Waals surface area (Å²) >= 11 is 0. The van der Waals surface area contributed by atoms with E-state index in [4.69, 9.17) is 4.74 Å². The predicted octanol–water partition coefficient (Wildman–Crippen LogP) is 3.85. The highest BCUT2D eigenvalue weighted by Crippen LogP contribution is 2.26. The molecule has 1 aliphatic heterocycles. The number of benzene rings is 1. The number of nitrogens with zero attached hydrogens (tertiary/aromatic N) is 1. The van der Waals surface area contributed by atoms with Gasteiger partial charge in [0.2, 0.25) is 0 Å². The third-order valence-corrected chi connectivity index (χ3v) is 4.93. The van der Waals surface area contributed by atoms with E-state index in [9.17, 15) is 4.79 Å². The number of amides is 1. The topological polar surface area (TPSA) is 63.2 Å². The van der Waals surface area contributed by atoms with Gasteiger partial charge >= 0.3 is 0 Å². The van der Waals surface area contributed by atoms with Crippen LogP contribution in [0.2, 0.25) is 0 Å². The SMILES string of the molecule is Cc1cc(C(=O)NC2CCNCC2C)cc(C)c1OCc1cccnc1.Cl.Cl. The van der Waals surface area contributed by atoms with Gasteiger partial charge in [-0.05, 0) is 68.6 Å². The molecule has 2 N–H and O–H groups in total. The van der Waals surface area contributed by atoms with Crippen molar-refractivity contribution in [3.05, 3.63) is 58.9 Å². The zero-order valence-electron chi connectivity index (χ0n) is 16.5. The lowest BCUT2D eigenvalue weighted by atomic mass is 9.94. The minimum atomic E-state index is -0.00578. The molecule has 0 bridgehead atoms. The minimum absolute atomic E-state index is 0. The number of carbonyl (C=O) groups excluding carboxylic acids is 1. The van der Waals surface area contributed by atoms with E-state index in [2.05, 4.69) is 22.5 Å². The largest absolute Gasteiger partial charge is 0.488 e. The Balaban J connectivity index is 0.00000196. The summed E-state index contributed by atoms with van der Waals surface area (Å²) in [4.78, 5) is 16.8. The second-order valence-electron chi connectivity index (χ2n) is 7.14. The van der Waals surface area contributed by atoms with Gasteiger partial charge in [0.1, 0.15) is 12.4 Å². The smallest absolute Gasteiger partial charge is 0.251 e. The zero-order valence-corrected chi connectivity index (χ0v) is 18.2. The summed E-state index contributed by atoms with van der Waals surface area (Å²) in [6.45, 7) is 8.50. The molecular formula is C21H29Cl2N3O2. The molecule has 1 aliphatic rings. The van der Waals surface area contributed by atoms with E-state index in [-0.39, 0.29) is 36.8 Å². The summed E-state index contributed by atoms with van der Waals surface area (Å²) < 4.78 is 5.98. The van der Waals surface area contributed by atoms with Gasteiger partial charge in [0.25, 0.3) is 5.91 Å². The summed E-state index contributed by atoms with van der Waals surface area (Å²) in [6.07, 6.45) is 4.51. The van der Waals surface area contributed by atoms with E-state index in [1.165, 1.54) is 0 Å². The van der Waals surface area contributed by atoms with E-state index in [1.54, 1.807) is 12.4 Å². The maximum atomic E-state index is 12.7. The Bertz CT molecular complexity index is 748. The summed E-state index contributed by atoms with van der Waals surface area (Å²) in [7, 11) is 0. The van der Waals surface area contributed by atoms with Crippen LogP contribution in [0.3, 0.4) is 0 Å². The van der Waals surface area contributed by atoms with Gasteiger partial charge in [-0.1, -0.05) is 13.0 Å². The lowest BCUT2D eigenvalue weighted by Crippen LogP contribution is -2.48. The Morgan fingerprint density at radius 2 is 2.00 bits per heavy atom. The Hall–Kier alpha value is -1.82. The highest BCUT2D eigenvalue weighted by atomic mass is 35.5. The molecule has 7 heteroatoms.